The topological polar surface area (TPSA) is 35.2 Å². The summed E-state index contributed by atoms with van der Waals surface area (Å²) < 4.78 is 6.96. The van der Waals surface area contributed by atoms with E-state index in [1.54, 1.807) is 11.3 Å². The van der Waals surface area contributed by atoms with E-state index in [0.717, 1.165) is 25.7 Å². The first-order chi connectivity index (χ1) is 8.60. The fourth-order valence-corrected chi connectivity index (χ4v) is 3.18. The van der Waals surface area contributed by atoms with Gasteiger partial charge in [0.05, 0.1) is 0 Å². The second kappa shape index (κ2) is 6.06. The third-order valence-corrected chi connectivity index (χ3v) is 4.74. The van der Waals surface area contributed by atoms with Crippen molar-refractivity contribution in [3.8, 4) is 5.75 Å². The van der Waals surface area contributed by atoms with E-state index in [2.05, 4.69) is 15.9 Å². The summed E-state index contributed by atoms with van der Waals surface area (Å²) in [7, 11) is 0. The molecule has 5 heteroatoms. The van der Waals surface area contributed by atoms with Gasteiger partial charge in [0.1, 0.15) is 11.9 Å². The number of thiophene rings is 1. The van der Waals surface area contributed by atoms with Crippen molar-refractivity contribution in [2.75, 3.05) is 6.54 Å². The van der Waals surface area contributed by atoms with Crippen LogP contribution in [0.15, 0.2) is 34.1 Å². The van der Waals surface area contributed by atoms with Crippen molar-refractivity contribution in [2.45, 2.75) is 13.0 Å². The molecule has 0 radical (unpaired) electrons. The summed E-state index contributed by atoms with van der Waals surface area (Å²) in [5, 5.41) is 2.76. The third-order valence-electron chi connectivity index (χ3n) is 2.53. The number of ether oxygens (including phenoxy) is 1. The highest BCUT2D eigenvalue weighted by atomic mass is 79.9. The third kappa shape index (κ3) is 3.26. The molecule has 2 aromatic rings. The molecule has 1 aromatic carbocycles. The summed E-state index contributed by atoms with van der Waals surface area (Å²) in [5.74, 6) is 0.789. The molecule has 0 saturated heterocycles. The minimum atomic E-state index is -0.123. The SMILES string of the molecule is Cc1cc(OC(CN)c2cc(Br)cs2)ccc1Cl. The molecular weight excluding hydrogens is 334 g/mol. The van der Waals surface area contributed by atoms with Crippen molar-refractivity contribution in [3.05, 3.63) is 49.6 Å². The zero-order chi connectivity index (χ0) is 13.1. The van der Waals surface area contributed by atoms with Crippen molar-refractivity contribution in [2.24, 2.45) is 5.73 Å². The maximum atomic E-state index is 5.99. The van der Waals surface area contributed by atoms with Crippen LogP contribution >= 0.6 is 38.9 Å². The van der Waals surface area contributed by atoms with Gasteiger partial charge >= 0.3 is 0 Å². The predicted octanol–water partition coefficient (Wildman–Crippen LogP) is 4.55. The van der Waals surface area contributed by atoms with Gasteiger partial charge in [-0.2, -0.15) is 0 Å². The van der Waals surface area contributed by atoms with Crippen LogP contribution in [0.1, 0.15) is 16.5 Å². The Labute approximate surface area is 124 Å². The van der Waals surface area contributed by atoms with Crippen LogP contribution in [-0.2, 0) is 0 Å². The maximum absolute atomic E-state index is 5.99. The van der Waals surface area contributed by atoms with Gasteiger partial charge in [-0.1, -0.05) is 11.6 Å². The molecule has 0 amide bonds. The van der Waals surface area contributed by atoms with E-state index < -0.39 is 0 Å². The standard InChI is InChI=1S/C13H13BrClNOS/c1-8-4-10(2-3-11(8)15)17-12(6-16)13-5-9(14)7-18-13/h2-5,7,12H,6,16H2,1H3. The van der Waals surface area contributed by atoms with Crippen LogP contribution in [0.3, 0.4) is 0 Å². The van der Waals surface area contributed by atoms with Gasteiger partial charge in [-0.25, -0.2) is 0 Å². The Kier molecular flexibility index (Phi) is 4.67. The minimum absolute atomic E-state index is 0.123. The molecule has 2 N–H and O–H groups in total. The highest BCUT2D eigenvalue weighted by molar-refractivity contribution is 9.10. The van der Waals surface area contributed by atoms with Crippen molar-refractivity contribution >= 4 is 38.9 Å². The smallest absolute Gasteiger partial charge is 0.145 e. The first-order valence-electron chi connectivity index (χ1n) is 5.47. The molecule has 0 aliphatic rings. The van der Waals surface area contributed by atoms with E-state index in [0.29, 0.717) is 6.54 Å². The summed E-state index contributed by atoms with van der Waals surface area (Å²) in [6, 6.07) is 7.66. The lowest BCUT2D eigenvalue weighted by atomic mass is 10.2. The lowest BCUT2D eigenvalue weighted by Crippen LogP contribution is -2.17. The Balaban J connectivity index is 2.17. The van der Waals surface area contributed by atoms with Crippen LogP contribution in [0.5, 0.6) is 5.75 Å². The number of benzene rings is 1. The highest BCUT2D eigenvalue weighted by Gasteiger charge is 2.14. The Morgan fingerprint density at radius 3 is 2.78 bits per heavy atom. The number of aryl methyl sites for hydroxylation is 1. The zero-order valence-corrected chi connectivity index (χ0v) is 13.0. The van der Waals surface area contributed by atoms with Gasteiger partial charge in [0.25, 0.3) is 0 Å². The summed E-state index contributed by atoms with van der Waals surface area (Å²) in [4.78, 5) is 1.11. The summed E-state index contributed by atoms with van der Waals surface area (Å²) in [6.45, 7) is 2.39. The number of rotatable bonds is 4. The molecule has 0 fully saturated rings. The number of halogens is 2. The molecule has 0 aliphatic carbocycles. The molecular formula is C13H13BrClNOS. The van der Waals surface area contributed by atoms with Crippen LogP contribution in [0.2, 0.25) is 5.02 Å². The molecule has 96 valence electrons. The van der Waals surface area contributed by atoms with Crippen molar-refractivity contribution < 1.29 is 4.74 Å². The molecule has 0 saturated carbocycles. The van der Waals surface area contributed by atoms with Gasteiger partial charge in [-0.3, -0.25) is 0 Å². The largest absolute Gasteiger partial charge is 0.484 e. The Morgan fingerprint density at radius 2 is 2.22 bits per heavy atom. The van der Waals surface area contributed by atoms with Crippen molar-refractivity contribution in [1.29, 1.82) is 0 Å². The molecule has 0 aliphatic heterocycles. The summed E-state index contributed by atoms with van der Waals surface area (Å²) in [5.41, 5.74) is 6.77. The van der Waals surface area contributed by atoms with Gasteiger partial charge in [0.2, 0.25) is 0 Å². The average molecular weight is 347 g/mol. The van der Waals surface area contributed by atoms with E-state index in [-0.39, 0.29) is 6.10 Å². The van der Waals surface area contributed by atoms with E-state index in [1.807, 2.05) is 36.6 Å². The quantitative estimate of drug-likeness (QED) is 0.881. The Morgan fingerprint density at radius 1 is 1.44 bits per heavy atom. The van der Waals surface area contributed by atoms with Gasteiger partial charge in [-0.15, -0.1) is 11.3 Å². The number of hydrogen-bond acceptors (Lipinski definition) is 3. The van der Waals surface area contributed by atoms with Crippen LogP contribution in [0, 0.1) is 6.92 Å². The average Bonchev–Trinajstić information content (AvgIpc) is 2.77. The lowest BCUT2D eigenvalue weighted by Gasteiger charge is -2.16. The molecule has 2 nitrogen and oxygen atoms in total. The van der Waals surface area contributed by atoms with E-state index >= 15 is 0 Å². The fourth-order valence-electron chi connectivity index (χ4n) is 1.57. The molecule has 0 bridgehead atoms. The van der Waals surface area contributed by atoms with Gasteiger partial charge in [0, 0.05) is 26.3 Å². The van der Waals surface area contributed by atoms with E-state index in [1.165, 1.54) is 0 Å². The second-order valence-corrected chi connectivity index (χ2v) is 6.19. The van der Waals surface area contributed by atoms with Crippen LogP contribution in [0.25, 0.3) is 0 Å². The maximum Gasteiger partial charge on any atom is 0.145 e. The fraction of sp³-hybridized carbons (Fsp3) is 0.231. The molecule has 2 rings (SSSR count). The van der Waals surface area contributed by atoms with Gasteiger partial charge in [0.15, 0.2) is 0 Å². The lowest BCUT2D eigenvalue weighted by molar-refractivity contribution is 0.218. The first-order valence-corrected chi connectivity index (χ1v) is 7.52. The molecule has 0 spiro atoms. The Bertz CT molecular complexity index is 544. The first kappa shape index (κ1) is 13.9. The van der Waals surface area contributed by atoms with Crippen molar-refractivity contribution in [1.82, 2.24) is 0 Å². The monoisotopic (exact) mass is 345 g/mol. The molecule has 1 heterocycles. The number of hydrogen-bond donors (Lipinski definition) is 1. The number of nitrogens with two attached hydrogens (primary N) is 1. The van der Waals surface area contributed by atoms with Gasteiger partial charge < -0.3 is 10.5 Å². The van der Waals surface area contributed by atoms with Crippen LogP contribution < -0.4 is 10.5 Å². The highest BCUT2D eigenvalue weighted by Crippen LogP contribution is 2.30. The van der Waals surface area contributed by atoms with Crippen LogP contribution in [0.4, 0.5) is 0 Å². The second-order valence-electron chi connectivity index (χ2n) is 3.92. The molecule has 1 aromatic heterocycles. The van der Waals surface area contributed by atoms with Crippen LogP contribution in [-0.4, -0.2) is 6.54 Å². The molecule has 1 atom stereocenters. The summed E-state index contributed by atoms with van der Waals surface area (Å²) >= 11 is 11.1. The zero-order valence-electron chi connectivity index (χ0n) is 9.82. The minimum Gasteiger partial charge on any atom is -0.484 e. The van der Waals surface area contributed by atoms with Crippen molar-refractivity contribution in [3.63, 3.8) is 0 Å². The normalized spacial score (nSPS) is 12.4. The molecule has 18 heavy (non-hydrogen) atoms. The predicted molar refractivity (Wildman–Crippen MR) is 80.6 cm³/mol. The summed E-state index contributed by atoms with van der Waals surface area (Å²) in [6.07, 6.45) is -0.123. The van der Waals surface area contributed by atoms with E-state index in [9.17, 15) is 0 Å². The molecule has 1 unspecified atom stereocenters. The van der Waals surface area contributed by atoms with Gasteiger partial charge in [-0.05, 0) is 52.7 Å². The van der Waals surface area contributed by atoms with E-state index in [4.69, 9.17) is 22.1 Å². The Hall–Kier alpha value is -0.550.